The predicted octanol–water partition coefficient (Wildman–Crippen LogP) is 3.41. The molecule has 0 unspecified atom stereocenters. The number of hydrogen-bond acceptors (Lipinski definition) is 1. The molecule has 1 heterocycles. The molecule has 1 aromatic heterocycles. The van der Waals surface area contributed by atoms with Crippen LogP contribution in [0.25, 0.3) is 5.69 Å². The Morgan fingerprint density at radius 3 is 2.33 bits per heavy atom. The Labute approximate surface area is 106 Å². The summed E-state index contributed by atoms with van der Waals surface area (Å²) in [6.45, 7) is 5.93. The average Bonchev–Trinajstić information content (AvgIpc) is 2.32. The summed E-state index contributed by atoms with van der Waals surface area (Å²) in [6.07, 6.45) is 1.78. The molecule has 0 radical (unpaired) electrons. The van der Waals surface area contributed by atoms with E-state index in [2.05, 4.69) is 0 Å². The van der Waals surface area contributed by atoms with Crippen LogP contribution in [0.4, 0.5) is 4.39 Å². The molecule has 0 saturated heterocycles. The topological polar surface area (TPSA) is 22.0 Å². The van der Waals surface area contributed by atoms with Gasteiger partial charge >= 0.3 is 0 Å². The van der Waals surface area contributed by atoms with E-state index in [9.17, 15) is 9.18 Å². The molecular weight excluding hydrogens is 229 g/mol. The van der Waals surface area contributed by atoms with E-state index in [0.29, 0.717) is 5.69 Å². The maximum absolute atomic E-state index is 12.9. The highest BCUT2D eigenvalue weighted by molar-refractivity contribution is 5.35. The molecule has 0 fully saturated rings. The SMILES string of the molecule is Cc1cc(C(C)C)c(=O)n(-c2ccc(F)cc2)c1. The molecule has 0 saturated carbocycles. The molecule has 2 aromatic rings. The second kappa shape index (κ2) is 4.77. The van der Waals surface area contributed by atoms with Crippen molar-refractivity contribution in [1.29, 1.82) is 0 Å². The van der Waals surface area contributed by atoms with Crippen molar-refractivity contribution in [1.82, 2.24) is 4.57 Å². The molecular formula is C15H16FNO. The summed E-state index contributed by atoms with van der Waals surface area (Å²) in [7, 11) is 0. The van der Waals surface area contributed by atoms with E-state index in [1.54, 1.807) is 22.9 Å². The molecule has 0 aliphatic carbocycles. The van der Waals surface area contributed by atoms with E-state index in [1.807, 2.05) is 26.8 Å². The first-order valence-corrected chi connectivity index (χ1v) is 5.98. The number of aryl methyl sites for hydroxylation is 1. The van der Waals surface area contributed by atoms with E-state index in [4.69, 9.17) is 0 Å². The normalized spacial score (nSPS) is 10.9. The molecule has 3 heteroatoms. The third-order valence-electron chi connectivity index (χ3n) is 2.91. The minimum atomic E-state index is -0.302. The van der Waals surface area contributed by atoms with Gasteiger partial charge in [0.1, 0.15) is 5.82 Å². The maximum atomic E-state index is 12.9. The van der Waals surface area contributed by atoms with Gasteiger partial charge in [0, 0.05) is 17.4 Å². The van der Waals surface area contributed by atoms with Crippen molar-refractivity contribution in [3.8, 4) is 5.69 Å². The van der Waals surface area contributed by atoms with Crippen LogP contribution in [0.3, 0.4) is 0 Å². The van der Waals surface area contributed by atoms with Crippen LogP contribution in [0, 0.1) is 12.7 Å². The fraction of sp³-hybridized carbons (Fsp3) is 0.267. The lowest BCUT2D eigenvalue weighted by Crippen LogP contribution is -2.23. The van der Waals surface area contributed by atoms with Crippen LogP contribution >= 0.6 is 0 Å². The minimum Gasteiger partial charge on any atom is -0.284 e. The number of hydrogen-bond donors (Lipinski definition) is 0. The Morgan fingerprint density at radius 2 is 1.78 bits per heavy atom. The van der Waals surface area contributed by atoms with Gasteiger partial charge in [-0.3, -0.25) is 9.36 Å². The quantitative estimate of drug-likeness (QED) is 0.794. The van der Waals surface area contributed by atoms with E-state index in [0.717, 1.165) is 11.1 Å². The molecule has 0 amide bonds. The van der Waals surface area contributed by atoms with Crippen LogP contribution in [0.5, 0.6) is 0 Å². The maximum Gasteiger partial charge on any atom is 0.258 e. The smallest absolute Gasteiger partial charge is 0.258 e. The first kappa shape index (κ1) is 12.6. The van der Waals surface area contributed by atoms with Gasteiger partial charge in [-0.15, -0.1) is 0 Å². The summed E-state index contributed by atoms with van der Waals surface area (Å²) in [5.41, 5.74) is 2.44. The van der Waals surface area contributed by atoms with Gasteiger partial charge < -0.3 is 0 Å². The largest absolute Gasteiger partial charge is 0.284 e. The molecule has 1 aromatic carbocycles. The summed E-state index contributed by atoms with van der Waals surface area (Å²) in [5, 5.41) is 0. The average molecular weight is 245 g/mol. The molecule has 0 N–H and O–H groups in total. The highest BCUT2D eigenvalue weighted by Gasteiger charge is 2.09. The summed E-state index contributed by atoms with van der Waals surface area (Å²) in [5.74, 6) is -0.132. The summed E-state index contributed by atoms with van der Waals surface area (Å²) in [4.78, 5) is 12.3. The van der Waals surface area contributed by atoms with Crippen LogP contribution in [-0.2, 0) is 0 Å². The van der Waals surface area contributed by atoms with Crippen LogP contribution < -0.4 is 5.56 Å². The molecule has 18 heavy (non-hydrogen) atoms. The van der Waals surface area contributed by atoms with Crippen molar-refractivity contribution in [2.24, 2.45) is 0 Å². The zero-order valence-electron chi connectivity index (χ0n) is 10.8. The van der Waals surface area contributed by atoms with Gasteiger partial charge in [-0.1, -0.05) is 13.8 Å². The van der Waals surface area contributed by atoms with Crippen LogP contribution in [0.15, 0.2) is 41.3 Å². The van der Waals surface area contributed by atoms with Crippen molar-refractivity contribution < 1.29 is 4.39 Å². The number of halogens is 1. The lowest BCUT2D eigenvalue weighted by molar-refractivity contribution is 0.627. The lowest BCUT2D eigenvalue weighted by atomic mass is 10.0. The summed E-state index contributed by atoms with van der Waals surface area (Å²) >= 11 is 0. The molecule has 0 spiro atoms. The van der Waals surface area contributed by atoms with Gasteiger partial charge in [0.05, 0.1) is 0 Å². The highest BCUT2D eigenvalue weighted by atomic mass is 19.1. The number of pyridine rings is 1. The second-order valence-corrected chi connectivity index (χ2v) is 4.78. The van der Waals surface area contributed by atoms with Crippen molar-refractivity contribution in [2.45, 2.75) is 26.7 Å². The fourth-order valence-electron chi connectivity index (χ4n) is 1.95. The van der Waals surface area contributed by atoms with Crippen molar-refractivity contribution in [3.63, 3.8) is 0 Å². The van der Waals surface area contributed by atoms with Gasteiger partial charge in [-0.2, -0.15) is 0 Å². The van der Waals surface area contributed by atoms with E-state index < -0.39 is 0 Å². The Morgan fingerprint density at radius 1 is 1.17 bits per heavy atom. The van der Waals surface area contributed by atoms with Crippen molar-refractivity contribution in [2.75, 3.05) is 0 Å². The zero-order valence-corrected chi connectivity index (χ0v) is 10.8. The third-order valence-corrected chi connectivity index (χ3v) is 2.91. The van der Waals surface area contributed by atoms with E-state index in [1.165, 1.54) is 12.1 Å². The lowest BCUT2D eigenvalue weighted by Gasteiger charge is -2.12. The Balaban J connectivity index is 2.64. The number of nitrogens with zero attached hydrogens (tertiary/aromatic N) is 1. The van der Waals surface area contributed by atoms with Gasteiger partial charge in [-0.25, -0.2) is 4.39 Å². The fourth-order valence-corrected chi connectivity index (χ4v) is 1.95. The molecule has 2 rings (SSSR count). The Bertz CT molecular complexity index is 611. The van der Waals surface area contributed by atoms with Crippen LogP contribution in [0.1, 0.15) is 30.9 Å². The van der Waals surface area contributed by atoms with E-state index in [-0.39, 0.29) is 17.3 Å². The molecule has 0 atom stereocenters. The second-order valence-electron chi connectivity index (χ2n) is 4.78. The Kier molecular flexibility index (Phi) is 3.32. The highest BCUT2D eigenvalue weighted by Crippen LogP contribution is 2.14. The van der Waals surface area contributed by atoms with Gasteiger partial charge in [-0.05, 0) is 48.7 Å². The number of aromatic nitrogens is 1. The van der Waals surface area contributed by atoms with Crippen LogP contribution in [-0.4, -0.2) is 4.57 Å². The molecule has 0 aliphatic rings. The van der Waals surface area contributed by atoms with Crippen molar-refractivity contribution in [3.05, 3.63) is 63.8 Å². The standard InChI is InChI=1S/C15H16FNO/c1-10(2)14-8-11(3)9-17(15(14)18)13-6-4-12(16)5-7-13/h4-10H,1-3H3. The molecule has 94 valence electrons. The summed E-state index contributed by atoms with van der Waals surface area (Å²) in [6, 6.07) is 7.85. The monoisotopic (exact) mass is 245 g/mol. The first-order valence-electron chi connectivity index (χ1n) is 5.98. The Hall–Kier alpha value is -1.90. The van der Waals surface area contributed by atoms with Gasteiger partial charge in [0.15, 0.2) is 0 Å². The zero-order chi connectivity index (χ0) is 13.3. The van der Waals surface area contributed by atoms with Crippen molar-refractivity contribution >= 4 is 0 Å². The first-order chi connectivity index (χ1) is 8.49. The molecule has 2 nitrogen and oxygen atoms in total. The summed E-state index contributed by atoms with van der Waals surface area (Å²) < 4.78 is 14.5. The minimum absolute atomic E-state index is 0.0396. The predicted molar refractivity (Wildman–Crippen MR) is 70.8 cm³/mol. The molecule has 0 aliphatic heterocycles. The molecule has 0 bridgehead atoms. The number of rotatable bonds is 2. The van der Waals surface area contributed by atoms with E-state index >= 15 is 0 Å². The van der Waals surface area contributed by atoms with Gasteiger partial charge in [0.2, 0.25) is 0 Å². The van der Waals surface area contributed by atoms with Gasteiger partial charge in [0.25, 0.3) is 5.56 Å². The third kappa shape index (κ3) is 2.35. The number of benzene rings is 1. The van der Waals surface area contributed by atoms with Crippen LogP contribution in [0.2, 0.25) is 0 Å².